The molecule has 1 amide bonds. The van der Waals surface area contributed by atoms with Crippen LogP contribution in [-0.2, 0) is 24.9 Å². The van der Waals surface area contributed by atoms with E-state index in [0.29, 0.717) is 19.5 Å². The average Bonchev–Trinajstić information content (AvgIpc) is 3.00. The van der Waals surface area contributed by atoms with Crippen LogP contribution in [0.5, 0.6) is 0 Å². The number of carbonyl (C=O) groups is 1. The number of nitrogens with one attached hydrogen (secondary N) is 1. The summed E-state index contributed by atoms with van der Waals surface area (Å²) in [4.78, 5) is 20.2. The predicted octanol–water partition coefficient (Wildman–Crippen LogP) is 1.35. The van der Waals surface area contributed by atoms with Gasteiger partial charge in [-0.3, -0.25) is 4.79 Å². The fraction of sp³-hybridized carbons (Fsp3) is 0.462. The third-order valence-electron chi connectivity index (χ3n) is 3.19. The third kappa shape index (κ3) is 3.41. The van der Waals surface area contributed by atoms with E-state index < -0.39 is 0 Å². The summed E-state index contributed by atoms with van der Waals surface area (Å²) in [5.41, 5.74) is 1.00. The van der Waals surface area contributed by atoms with Gasteiger partial charge in [-0.25, -0.2) is 9.97 Å². The molecule has 0 aromatic carbocycles. The number of imidazole rings is 2. The lowest BCUT2D eigenvalue weighted by Crippen LogP contribution is -2.25. The minimum absolute atomic E-state index is 0.0324. The summed E-state index contributed by atoms with van der Waals surface area (Å²) >= 11 is 1.59. The van der Waals surface area contributed by atoms with Crippen molar-refractivity contribution in [2.75, 3.05) is 6.26 Å². The number of hydrogen-bond acceptors (Lipinski definition) is 4. The predicted molar refractivity (Wildman–Crippen MR) is 78.4 cm³/mol. The molecular formula is C13H19N5OS. The molecule has 0 unspecified atom stereocenters. The summed E-state index contributed by atoms with van der Waals surface area (Å²) in [5.74, 6) is 0.957. The van der Waals surface area contributed by atoms with E-state index >= 15 is 0 Å². The molecule has 0 aliphatic carbocycles. The standard InChI is InChI=1S/C13H19N5OS/c1-10-14-5-7-18(10)6-4-12(19)15-8-11-9-16-13(20-3)17(11)2/h5,7,9H,4,6,8H2,1-3H3,(H,15,19). The van der Waals surface area contributed by atoms with Crippen molar-refractivity contribution in [1.29, 1.82) is 0 Å². The molecule has 1 N–H and O–H groups in total. The molecule has 2 heterocycles. The van der Waals surface area contributed by atoms with Crippen molar-refractivity contribution in [2.45, 2.75) is 31.6 Å². The van der Waals surface area contributed by atoms with Crippen LogP contribution in [0.15, 0.2) is 23.7 Å². The molecule has 7 heteroatoms. The minimum Gasteiger partial charge on any atom is -0.350 e. The fourth-order valence-electron chi connectivity index (χ4n) is 1.92. The van der Waals surface area contributed by atoms with E-state index in [4.69, 9.17) is 0 Å². The van der Waals surface area contributed by atoms with Gasteiger partial charge in [-0.05, 0) is 13.2 Å². The van der Waals surface area contributed by atoms with E-state index in [1.54, 1.807) is 24.2 Å². The Bertz CT molecular complexity index is 589. The largest absolute Gasteiger partial charge is 0.350 e. The SMILES string of the molecule is CSc1ncc(CNC(=O)CCn2ccnc2C)n1C. The maximum Gasteiger partial charge on any atom is 0.222 e. The molecule has 0 radical (unpaired) electrons. The van der Waals surface area contributed by atoms with E-state index in [0.717, 1.165) is 16.7 Å². The summed E-state index contributed by atoms with van der Waals surface area (Å²) in [6.45, 7) is 3.09. The summed E-state index contributed by atoms with van der Waals surface area (Å²) in [6, 6.07) is 0. The number of thioether (sulfide) groups is 1. The molecule has 0 saturated carbocycles. The molecule has 0 saturated heterocycles. The fourth-order valence-corrected chi connectivity index (χ4v) is 2.47. The van der Waals surface area contributed by atoms with Gasteiger partial charge >= 0.3 is 0 Å². The number of hydrogen-bond donors (Lipinski definition) is 1. The van der Waals surface area contributed by atoms with Crippen LogP contribution in [0.1, 0.15) is 17.9 Å². The second-order valence-corrected chi connectivity index (χ2v) is 5.26. The highest BCUT2D eigenvalue weighted by Crippen LogP contribution is 2.13. The van der Waals surface area contributed by atoms with Gasteiger partial charge in [-0.15, -0.1) is 0 Å². The smallest absolute Gasteiger partial charge is 0.222 e. The molecule has 0 aliphatic heterocycles. The van der Waals surface area contributed by atoms with Gasteiger partial charge in [0.25, 0.3) is 0 Å². The first-order chi connectivity index (χ1) is 9.61. The van der Waals surface area contributed by atoms with Crippen molar-refractivity contribution in [2.24, 2.45) is 7.05 Å². The summed E-state index contributed by atoms with van der Waals surface area (Å²) in [5, 5.41) is 3.86. The Morgan fingerprint density at radius 2 is 2.25 bits per heavy atom. The zero-order chi connectivity index (χ0) is 14.5. The topological polar surface area (TPSA) is 64.7 Å². The first kappa shape index (κ1) is 14.6. The van der Waals surface area contributed by atoms with E-state index in [2.05, 4.69) is 15.3 Å². The Hall–Kier alpha value is -1.76. The number of aryl methyl sites for hydroxylation is 2. The zero-order valence-corrected chi connectivity index (χ0v) is 12.8. The summed E-state index contributed by atoms with van der Waals surface area (Å²) in [6.07, 6.45) is 7.86. The van der Waals surface area contributed by atoms with Crippen LogP contribution in [0.25, 0.3) is 0 Å². The van der Waals surface area contributed by atoms with Crippen LogP contribution in [0.4, 0.5) is 0 Å². The molecular weight excluding hydrogens is 274 g/mol. The highest BCUT2D eigenvalue weighted by Gasteiger charge is 2.07. The van der Waals surface area contributed by atoms with Crippen LogP contribution in [0.2, 0.25) is 0 Å². The Morgan fingerprint density at radius 3 is 2.85 bits per heavy atom. The normalized spacial score (nSPS) is 10.8. The monoisotopic (exact) mass is 293 g/mol. The van der Waals surface area contributed by atoms with Gasteiger partial charge < -0.3 is 14.5 Å². The van der Waals surface area contributed by atoms with Crippen molar-refractivity contribution >= 4 is 17.7 Å². The lowest BCUT2D eigenvalue weighted by molar-refractivity contribution is -0.121. The molecule has 0 bridgehead atoms. The third-order valence-corrected chi connectivity index (χ3v) is 3.94. The van der Waals surface area contributed by atoms with Gasteiger partial charge in [0.1, 0.15) is 5.82 Å². The van der Waals surface area contributed by atoms with Crippen LogP contribution in [0.3, 0.4) is 0 Å². The van der Waals surface area contributed by atoms with Crippen molar-refractivity contribution in [1.82, 2.24) is 24.4 Å². The zero-order valence-electron chi connectivity index (χ0n) is 12.0. The molecule has 2 aromatic rings. The lowest BCUT2D eigenvalue weighted by Gasteiger charge is -2.08. The van der Waals surface area contributed by atoms with Gasteiger partial charge in [0.15, 0.2) is 5.16 Å². The molecule has 0 aliphatic rings. The maximum absolute atomic E-state index is 11.8. The summed E-state index contributed by atoms with van der Waals surface area (Å²) in [7, 11) is 1.95. The Kier molecular flexibility index (Phi) is 4.84. The second-order valence-electron chi connectivity index (χ2n) is 4.49. The van der Waals surface area contributed by atoms with E-state index in [-0.39, 0.29) is 5.91 Å². The van der Waals surface area contributed by atoms with Gasteiger partial charge in [0, 0.05) is 32.4 Å². The molecule has 2 rings (SSSR count). The number of carbonyl (C=O) groups excluding carboxylic acids is 1. The first-order valence-electron chi connectivity index (χ1n) is 6.41. The van der Waals surface area contributed by atoms with Gasteiger partial charge in [0.2, 0.25) is 5.91 Å². The first-order valence-corrected chi connectivity index (χ1v) is 7.63. The number of amides is 1. The van der Waals surface area contributed by atoms with Gasteiger partial charge in [-0.1, -0.05) is 11.8 Å². The molecule has 0 fully saturated rings. The van der Waals surface area contributed by atoms with Crippen LogP contribution in [0, 0.1) is 6.92 Å². The van der Waals surface area contributed by atoms with Crippen molar-refractivity contribution in [3.63, 3.8) is 0 Å². The van der Waals surface area contributed by atoms with Crippen LogP contribution < -0.4 is 5.32 Å². The quantitative estimate of drug-likeness (QED) is 0.817. The Labute approximate surface area is 122 Å². The molecule has 20 heavy (non-hydrogen) atoms. The van der Waals surface area contributed by atoms with Crippen molar-refractivity contribution < 1.29 is 4.79 Å². The Morgan fingerprint density at radius 1 is 1.45 bits per heavy atom. The highest BCUT2D eigenvalue weighted by atomic mass is 32.2. The van der Waals surface area contributed by atoms with Crippen molar-refractivity contribution in [3.8, 4) is 0 Å². The summed E-state index contributed by atoms with van der Waals surface area (Å²) < 4.78 is 3.96. The molecule has 6 nitrogen and oxygen atoms in total. The van der Waals surface area contributed by atoms with Crippen LogP contribution in [-0.4, -0.2) is 31.3 Å². The highest BCUT2D eigenvalue weighted by molar-refractivity contribution is 7.98. The Balaban J connectivity index is 1.80. The molecule has 2 aromatic heterocycles. The molecule has 0 atom stereocenters. The lowest BCUT2D eigenvalue weighted by atomic mass is 10.3. The van der Waals surface area contributed by atoms with Crippen LogP contribution >= 0.6 is 11.8 Å². The van der Waals surface area contributed by atoms with E-state index in [1.807, 2.05) is 35.6 Å². The number of rotatable bonds is 6. The average molecular weight is 293 g/mol. The van der Waals surface area contributed by atoms with Crippen molar-refractivity contribution in [3.05, 3.63) is 30.1 Å². The number of aromatic nitrogens is 4. The van der Waals surface area contributed by atoms with Gasteiger partial charge in [0.05, 0.1) is 18.4 Å². The minimum atomic E-state index is 0.0324. The maximum atomic E-state index is 11.8. The second kappa shape index (κ2) is 6.60. The molecule has 108 valence electrons. The molecule has 0 spiro atoms. The van der Waals surface area contributed by atoms with E-state index in [9.17, 15) is 4.79 Å². The van der Waals surface area contributed by atoms with Gasteiger partial charge in [-0.2, -0.15) is 0 Å². The number of nitrogens with zero attached hydrogens (tertiary/aromatic N) is 4. The van der Waals surface area contributed by atoms with E-state index in [1.165, 1.54) is 0 Å².